The fourth-order valence-corrected chi connectivity index (χ4v) is 3.26. The second-order valence-electron chi connectivity index (χ2n) is 5.33. The monoisotopic (exact) mass is 211 g/mol. The minimum atomic E-state index is 0.571. The molecule has 1 unspecified atom stereocenters. The quantitative estimate of drug-likeness (QED) is 0.755. The van der Waals surface area contributed by atoms with Crippen LogP contribution in [-0.2, 0) is 4.74 Å². The third kappa shape index (κ3) is 2.94. The summed E-state index contributed by atoms with van der Waals surface area (Å²) in [4.78, 5) is 0. The molecule has 2 heteroatoms. The van der Waals surface area contributed by atoms with Gasteiger partial charge in [-0.1, -0.05) is 19.8 Å². The third-order valence-corrected chi connectivity index (χ3v) is 4.10. The molecule has 1 aliphatic heterocycles. The molecule has 1 heterocycles. The molecule has 1 N–H and O–H groups in total. The molecule has 1 saturated heterocycles. The maximum absolute atomic E-state index is 5.79. The molecule has 2 aliphatic rings. The zero-order chi connectivity index (χ0) is 10.6. The Labute approximate surface area is 93.8 Å². The summed E-state index contributed by atoms with van der Waals surface area (Å²) >= 11 is 0. The Bertz CT molecular complexity index is 181. The lowest BCUT2D eigenvalue weighted by Crippen LogP contribution is -2.35. The molecule has 1 saturated carbocycles. The predicted molar refractivity (Wildman–Crippen MR) is 63.0 cm³/mol. The molecule has 15 heavy (non-hydrogen) atoms. The van der Waals surface area contributed by atoms with E-state index in [0.717, 1.165) is 13.2 Å². The first kappa shape index (κ1) is 11.4. The van der Waals surface area contributed by atoms with E-state index >= 15 is 0 Å². The summed E-state index contributed by atoms with van der Waals surface area (Å²) in [5, 5.41) is 3.55. The van der Waals surface area contributed by atoms with E-state index in [0.29, 0.717) is 11.5 Å². The highest BCUT2D eigenvalue weighted by molar-refractivity contribution is 4.89. The van der Waals surface area contributed by atoms with Gasteiger partial charge in [0.25, 0.3) is 0 Å². The van der Waals surface area contributed by atoms with Crippen LogP contribution in [-0.4, -0.2) is 25.8 Å². The van der Waals surface area contributed by atoms with Crippen LogP contribution in [0.3, 0.4) is 0 Å². The fraction of sp³-hybridized carbons (Fsp3) is 1.00. The van der Waals surface area contributed by atoms with Crippen LogP contribution in [0.2, 0.25) is 0 Å². The van der Waals surface area contributed by atoms with Crippen LogP contribution in [0.4, 0.5) is 0 Å². The van der Waals surface area contributed by atoms with E-state index in [1.54, 1.807) is 0 Å². The average molecular weight is 211 g/mol. The second-order valence-corrected chi connectivity index (χ2v) is 5.33. The van der Waals surface area contributed by atoms with Gasteiger partial charge in [0.1, 0.15) is 0 Å². The number of nitrogens with one attached hydrogen (secondary N) is 1. The van der Waals surface area contributed by atoms with Crippen molar-refractivity contribution in [1.29, 1.82) is 0 Å². The molecule has 0 bridgehead atoms. The summed E-state index contributed by atoms with van der Waals surface area (Å²) in [5.41, 5.74) is 0.574. The highest BCUT2D eigenvalue weighted by Crippen LogP contribution is 2.43. The molecule has 1 aliphatic carbocycles. The molecule has 1 atom stereocenters. The SMILES string of the molecule is CCNCC1(CC2CCCO2)CCCC1. The smallest absolute Gasteiger partial charge is 0.0581 e. The van der Waals surface area contributed by atoms with Gasteiger partial charge in [-0.2, -0.15) is 0 Å². The number of hydrogen-bond donors (Lipinski definition) is 1. The van der Waals surface area contributed by atoms with Gasteiger partial charge in [-0.25, -0.2) is 0 Å². The van der Waals surface area contributed by atoms with E-state index in [1.807, 2.05) is 0 Å². The Morgan fingerprint density at radius 3 is 2.67 bits per heavy atom. The molecule has 2 fully saturated rings. The van der Waals surface area contributed by atoms with Crippen molar-refractivity contribution in [3.05, 3.63) is 0 Å². The van der Waals surface area contributed by atoms with Crippen LogP contribution >= 0.6 is 0 Å². The lowest BCUT2D eigenvalue weighted by atomic mass is 9.80. The van der Waals surface area contributed by atoms with Crippen molar-refractivity contribution in [3.8, 4) is 0 Å². The summed E-state index contributed by atoms with van der Waals surface area (Å²) in [6.45, 7) is 5.52. The molecule has 0 radical (unpaired) electrons. The van der Waals surface area contributed by atoms with Gasteiger partial charge in [-0.15, -0.1) is 0 Å². The standard InChI is InChI=1S/C13H25NO/c1-2-14-11-13(7-3-4-8-13)10-12-6-5-9-15-12/h12,14H,2-11H2,1H3. The summed E-state index contributed by atoms with van der Waals surface area (Å²) in [5.74, 6) is 0. The minimum absolute atomic E-state index is 0.571. The van der Waals surface area contributed by atoms with Crippen molar-refractivity contribution in [2.45, 2.75) is 58.0 Å². The van der Waals surface area contributed by atoms with E-state index in [1.165, 1.54) is 51.5 Å². The van der Waals surface area contributed by atoms with Crippen molar-refractivity contribution in [2.24, 2.45) is 5.41 Å². The van der Waals surface area contributed by atoms with Crippen LogP contribution in [0, 0.1) is 5.41 Å². The van der Waals surface area contributed by atoms with Gasteiger partial charge in [0, 0.05) is 13.2 Å². The largest absolute Gasteiger partial charge is 0.378 e. The molecule has 2 rings (SSSR count). The van der Waals surface area contributed by atoms with Crippen molar-refractivity contribution in [2.75, 3.05) is 19.7 Å². The van der Waals surface area contributed by atoms with Crippen LogP contribution in [0.1, 0.15) is 51.9 Å². The summed E-state index contributed by atoms with van der Waals surface area (Å²) in [6.07, 6.45) is 10.1. The first-order chi connectivity index (χ1) is 7.35. The Kier molecular flexibility index (Phi) is 4.04. The molecule has 0 aromatic heterocycles. The fourth-order valence-electron chi connectivity index (χ4n) is 3.26. The number of rotatable bonds is 5. The lowest BCUT2D eigenvalue weighted by molar-refractivity contribution is 0.0619. The Morgan fingerprint density at radius 2 is 2.07 bits per heavy atom. The first-order valence-corrected chi connectivity index (χ1v) is 6.67. The van der Waals surface area contributed by atoms with Gasteiger partial charge in [0.2, 0.25) is 0 Å². The maximum atomic E-state index is 5.79. The summed E-state index contributed by atoms with van der Waals surface area (Å²) in [6, 6.07) is 0. The molecular formula is C13H25NO. The molecular weight excluding hydrogens is 186 g/mol. The van der Waals surface area contributed by atoms with Crippen molar-refractivity contribution >= 4 is 0 Å². The Balaban J connectivity index is 1.86. The zero-order valence-corrected chi connectivity index (χ0v) is 10.1. The second kappa shape index (κ2) is 5.31. The van der Waals surface area contributed by atoms with Gasteiger partial charge in [-0.05, 0) is 44.1 Å². The molecule has 0 aromatic rings. The van der Waals surface area contributed by atoms with E-state index in [-0.39, 0.29) is 0 Å². The molecule has 0 aromatic carbocycles. The summed E-state index contributed by atoms with van der Waals surface area (Å²) < 4.78 is 5.79. The van der Waals surface area contributed by atoms with Crippen molar-refractivity contribution in [1.82, 2.24) is 5.32 Å². The predicted octanol–water partition coefficient (Wildman–Crippen LogP) is 2.73. The Morgan fingerprint density at radius 1 is 1.27 bits per heavy atom. The van der Waals surface area contributed by atoms with E-state index in [4.69, 9.17) is 4.74 Å². The minimum Gasteiger partial charge on any atom is -0.378 e. The van der Waals surface area contributed by atoms with Crippen LogP contribution < -0.4 is 5.32 Å². The molecule has 2 nitrogen and oxygen atoms in total. The van der Waals surface area contributed by atoms with Crippen molar-refractivity contribution in [3.63, 3.8) is 0 Å². The van der Waals surface area contributed by atoms with Crippen LogP contribution in [0.25, 0.3) is 0 Å². The number of ether oxygens (including phenoxy) is 1. The molecule has 0 amide bonds. The maximum Gasteiger partial charge on any atom is 0.0581 e. The highest BCUT2D eigenvalue weighted by atomic mass is 16.5. The number of hydrogen-bond acceptors (Lipinski definition) is 2. The van der Waals surface area contributed by atoms with Gasteiger partial charge in [0.05, 0.1) is 6.10 Å². The lowest BCUT2D eigenvalue weighted by Gasteiger charge is -2.31. The molecule has 88 valence electrons. The van der Waals surface area contributed by atoms with Crippen LogP contribution in [0.5, 0.6) is 0 Å². The van der Waals surface area contributed by atoms with Gasteiger partial charge < -0.3 is 10.1 Å². The normalized spacial score (nSPS) is 29.8. The Hall–Kier alpha value is -0.0800. The van der Waals surface area contributed by atoms with E-state index < -0.39 is 0 Å². The summed E-state index contributed by atoms with van der Waals surface area (Å²) in [7, 11) is 0. The van der Waals surface area contributed by atoms with Gasteiger partial charge in [-0.3, -0.25) is 0 Å². The molecule has 0 spiro atoms. The topological polar surface area (TPSA) is 21.3 Å². The zero-order valence-electron chi connectivity index (χ0n) is 10.1. The van der Waals surface area contributed by atoms with E-state index in [9.17, 15) is 0 Å². The van der Waals surface area contributed by atoms with Gasteiger partial charge in [0.15, 0.2) is 0 Å². The first-order valence-electron chi connectivity index (χ1n) is 6.67. The van der Waals surface area contributed by atoms with Gasteiger partial charge >= 0.3 is 0 Å². The average Bonchev–Trinajstić information content (AvgIpc) is 2.88. The van der Waals surface area contributed by atoms with E-state index in [2.05, 4.69) is 12.2 Å². The highest BCUT2D eigenvalue weighted by Gasteiger charge is 2.36. The van der Waals surface area contributed by atoms with Crippen LogP contribution in [0.15, 0.2) is 0 Å². The third-order valence-electron chi connectivity index (χ3n) is 4.10. The van der Waals surface area contributed by atoms with Crippen molar-refractivity contribution < 1.29 is 4.74 Å².